The van der Waals surface area contributed by atoms with Gasteiger partial charge in [0.25, 0.3) is 5.56 Å². The molecular weight excluding hydrogens is 260 g/mol. The van der Waals surface area contributed by atoms with Crippen LogP contribution < -0.4 is 11.2 Å². The lowest BCUT2D eigenvalue weighted by atomic mass is 9.94. The van der Waals surface area contributed by atoms with Crippen molar-refractivity contribution in [2.75, 3.05) is 13.2 Å². The smallest absolute Gasteiger partial charge is 0.328 e. The Bertz CT molecular complexity index is 641. The Hall–Kier alpha value is -1.92. The van der Waals surface area contributed by atoms with E-state index in [0.29, 0.717) is 12.0 Å². The molecule has 1 heterocycles. The molecule has 0 aromatic carbocycles. The highest BCUT2D eigenvalue weighted by Crippen LogP contribution is 2.24. The van der Waals surface area contributed by atoms with Crippen molar-refractivity contribution < 1.29 is 9.84 Å². The first-order valence-electron chi connectivity index (χ1n) is 6.46. The fourth-order valence-electron chi connectivity index (χ4n) is 2.19. The summed E-state index contributed by atoms with van der Waals surface area (Å²) in [5.41, 5.74) is -1.05. The van der Waals surface area contributed by atoms with Gasteiger partial charge in [0.05, 0.1) is 19.8 Å². The van der Waals surface area contributed by atoms with Crippen LogP contribution in [-0.2, 0) is 11.3 Å². The summed E-state index contributed by atoms with van der Waals surface area (Å²) in [7, 11) is 0. The van der Waals surface area contributed by atoms with Gasteiger partial charge in [-0.1, -0.05) is 24.3 Å². The zero-order chi connectivity index (χ0) is 14.6. The summed E-state index contributed by atoms with van der Waals surface area (Å²) >= 11 is 0. The number of aliphatic hydroxyl groups excluding tert-OH is 1. The fraction of sp³-hybridized carbons (Fsp3) is 0.429. The first kappa shape index (κ1) is 14.5. The van der Waals surface area contributed by atoms with Crippen LogP contribution >= 0.6 is 0 Å². The SMILES string of the molecule is Cc1cn(CC2(OCCO)C=CC=CC2)c(=O)[nH]c1=O. The minimum absolute atomic E-state index is 0.0845. The number of aromatic amines is 1. The Kier molecular flexibility index (Phi) is 4.36. The van der Waals surface area contributed by atoms with Crippen molar-refractivity contribution in [1.82, 2.24) is 9.55 Å². The Labute approximate surface area is 116 Å². The highest BCUT2D eigenvalue weighted by atomic mass is 16.5. The van der Waals surface area contributed by atoms with Gasteiger partial charge in [-0.2, -0.15) is 0 Å². The maximum atomic E-state index is 11.8. The number of hydrogen-bond donors (Lipinski definition) is 2. The van der Waals surface area contributed by atoms with Crippen molar-refractivity contribution in [3.05, 3.63) is 56.9 Å². The van der Waals surface area contributed by atoms with Crippen LogP contribution in [0.3, 0.4) is 0 Å². The van der Waals surface area contributed by atoms with Gasteiger partial charge in [0.15, 0.2) is 0 Å². The van der Waals surface area contributed by atoms with Crippen molar-refractivity contribution >= 4 is 0 Å². The molecule has 0 spiro atoms. The number of allylic oxidation sites excluding steroid dienone is 2. The second-order valence-corrected chi connectivity index (χ2v) is 4.83. The van der Waals surface area contributed by atoms with E-state index in [2.05, 4.69) is 4.98 Å². The number of H-pyrrole nitrogens is 1. The molecule has 1 aliphatic carbocycles. The quantitative estimate of drug-likeness (QED) is 0.800. The largest absolute Gasteiger partial charge is 0.394 e. The standard InChI is InChI=1S/C14H18N2O4/c1-11-9-16(13(19)15-12(11)18)10-14(20-8-7-17)5-3-2-4-6-14/h2-5,9,17H,6-8,10H2,1H3,(H,15,18,19). The summed E-state index contributed by atoms with van der Waals surface area (Å²) in [6, 6.07) is 0. The molecule has 6 nitrogen and oxygen atoms in total. The summed E-state index contributed by atoms with van der Waals surface area (Å²) in [6.07, 6.45) is 9.70. The third-order valence-corrected chi connectivity index (χ3v) is 3.22. The zero-order valence-electron chi connectivity index (χ0n) is 11.3. The van der Waals surface area contributed by atoms with Gasteiger partial charge >= 0.3 is 5.69 Å². The van der Waals surface area contributed by atoms with Crippen LogP contribution in [-0.4, -0.2) is 33.5 Å². The molecule has 0 saturated carbocycles. The number of rotatable bonds is 5. The van der Waals surface area contributed by atoms with Crippen molar-refractivity contribution in [3.8, 4) is 0 Å². The summed E-state index contributed by atoms with van der Waals surface area (Å²) in [5, 5.41) is 8.93. The van der Waals surface area contributed by atoms with Crippen LogP contribution in [0.25, 0.3) is 0 Å². The van der Waals surface area contributed by atoms with Gasteiger partial charge in [0.2, 0.25) is 0 Å². The van der Waals surface area contributed by atoms with Gasteiger partial charge in [-0.25, -0.2) is 4.79 Å². The number of hydrogen-bond acceptors (Lipinski definition) is 4. The second-order valence-electron chi connectivity index (χ2n) is 4.83. The summed E-state index contributed by atoms with van der Waals surface area (Å²) in [5.74, 6) is 0. The third kappa shape index (κ3) is 3.15. The molecule has 2 N–H and O–H groups in total. The summed E-state index contributed by atoms with van der Waals surface area (Å²) < 4.78 is 7.14. The number of aryl methyl sites for hydroxylation is 1. The van der Waals surface area contributed by atoms with E-state index in [0.717, 1.165) is 0 Å². The predicted molar refractivity (Wildman–Crippen MR) is 74.7 cm³/mol. The average molecular weight is 278 g/mol. The van der Waals surface area contributed by atoms with Gasteiger partial charge in [-0.15, -0.1) is 0 Å². The third-order valence-electron chi connectivity index (χ3n) is 3.22. The summed E-state index contributed by atoms with van der Waals surface area (Å²) in [6.45, 7) is 2.03. The lowest BCUT2D eigenvalue weighted by Gasteiger charge is -2.31. The van der Waals surface area contributed by atoms with E-state index < -0.39 is 11.3 Å². The molecule has 0 fully saturated rings. The Morgan fingerprint density at radius 3 is 2.90 bits per heavy atom. The predicted octanol–water partition coefficient (Wildman–Crippen LogP) is 0.109. The van der Waals surface area contributed by atoms with E-state index in [4.69, 9.17) is 9.84 Å². The van der Waals surface area contributed by atoms with E-state index in [9.17, 15) is 9.59 Å². The van der Waals surface area contributed by atoms with Crippen molar-refractivity contribution in [1.29, 1.82) is 0 Å². The molecule has 1 atom stereocenters. The minimum atomic E-state index is -0.675. The molecule has 0 aliphatic heterocycles. The van der Waals surface area contributed by atoms with Crippen molar-refractivity contribution in [3.63, 3.8) is 0 Å². The molecule has 6 heteroatoms. The van der Waals surface area contributed by atoms with Gasteiger partial charge in [-0.3, -0.25) is 14.3 Å². The van der Waals surface area contributed by atoms with Gasteiger partial charge < -0.3 is 9.84 Å². The molecule has 0 radical (unpaired) electrons. The Balaban J connectivity index is 2.31. The van der Waals surface area contributed by atoms with Crippen LogP contribution in [0.5, 0.6) is 0 Å². The minimum Gasteiger partial charge on any atom is -0.394 e. The van der Waals surface area contributed by atoms with Crippen LogP contribution in [0.2, 0.25) is 0 Å². The van der Waals surface area contributed by atoms with Crippen molar-refractivity contribution in [2.45, 2.75) is 25.5 Å². The van der Waals surface area contributed by atoms with Crippen molar-refractivity contribution in [2.24, 2.45) is 0 Å². The van der Waals surface area contributed by atoms with E-state index in [1.54, 1.807) is 6.92 Å². The topological polar surface area (TPSA) is 84.3 Å². The lowest BCUT2D eigenvalue weighted by Crippen LogP contribution is -2.42. The van der Waals surface area contributed by atoms with Crippen LogP contribution in [0.1, 0.15) is 12.0 Å². The molecule has 1 aromatic rings. The number of aliphatic hydroxyl groups is 1. The first-order chi connectivity index (χ1) is 9.56. The van der Waals surface area contributed by atoms with Gasteiger partial charge in [0.1, 0.15) is 5.60 Å². The molecule has 20 heavy (non-hydrogen) atoms. The molecule has 2 rings (SSSR count). The number of ether oxygens (including phenoxy) is 1. The van der Waals surface area contributed by atoms with Crippen LogP contribution in [0, 0.1) is 6.92 Å². The monoisotopic (exact) mass is 278 g/mol. The van der Waals surface area contributed by atoms with E-state index in [1.165, 1.54) is 10.8 Å². The Morgan fingerprint density at radius 2 is 2.25 bits per heavy atom. The number of aromatic nitrogens is 2. The zero-order valence-corrected chi connectivity index (χ0v) is 11.3. The highest BCUT2D eigenvalue weighted by Gasteiger charge is 2.29. The van der Waals surface area contributed by atoms with Crippen LogP contribution in [0.4, 0.5) is 0 Å². The van der Waals surface area contributed by atoms with E-state index >= 15 is 0 Å². The first-order valence-corrected chi connectivity index (χ1v) is 6.46. The molecule has 1 unspecified atom stereocenters. The molecular formula is C14H18N2O4. The summed E-state index contributed by atoms with van der Waals surface area (Å²) in [4.78, 5) is 25.5. The normalized spacial score (nSPS) is 21.3. The van der Waals surface area contributed by atoms with E-state index in [1.807, 2.05) is 24.3 Å². The van der Waals surface area contributed by atoms with Crippen LogP contribution in [0.15, 0.2) is 40.1 Å². The number of nitrogens with zero attached hydrogens (tertiary/aromatic N) is 1. The molecule has 0 saturated heterocycles. The molecule has 0 amide bonds. The highest BCUT2D eigenvalue weighted by molar-refractivity contribution is 5.19. The average Bonchev–Trinajstić information content (AvgIpc) is 2.44. The molecule has 0 bridgehead atoms. The van der Waals surface area contributed by atoms with Gasteiger partial charge in [0, 0.05) is 18.2 Å². The molecule has 1 aromatic heterocycles. The fourth-order valence-corrected chi connectivity index (χ4v) is 2.19. The van der Waals surface area contributed by atoms with E-state index in [-0.39, 0.29) is 25.3 Å². The second kappa shape index (κ2) is 6.02. The lowest BCUT2D eigenvalue weighted by molar-refractivity contribution is -0.0349. The maximum Gasteiger partial charge on any atom is 0.328 e. The Morgan fingerprint density at radius 1 is 1.45 bits per heavy atom. The molecule has 108 valence electrons. The maximum absolute atomic E-state index is 11.8. The van der Waals surface area contributed by atoms with Gasteiger partial charge in [-0.05, 0) is 6.92 Å². The molecule has 1 aliphatic rings. The number of nitrogens with one attached hydrogen (secondary N) is 1.